The summed E-state index contributed by atoms with van der Waals surface area (Å²) < 4.78 is 33.9. The smallest absolute Gasteiger partial charge is 0.234 e. The Morgan fingerprint density at radius 1 is 1.04 bits per heavy atom. The molecule has 0 unspecified atom stereocenters. The largest absolute Gasteiger partial charge is 0.487 e. The Labute approximate surface area is 158 Å². The van der Waals surface area contributed by atoms with Gasteiger partial charge < -0.3 is 4.74 Å². The number of thioether (sulfide) groups is 1. The van der Waals surface area contributed by atoms with E-state index in [9.17, 15) is 8.78 Å². The van der Waals surface area contributed by atoms with Crippen molar-refractivity contribution in [1.82, 2.24) is 14.4 Å². The third-order valence-corrected chi connectivity index (χ3v) is 4.81. The van der Waals surface area contributed by atoms with Crippen molar-refractivity contribution in [1.29, 1.82) is 0 Å². The van der Waals surface area contributed by atoms with Crippen LogP contribution in [0.1, 0.15) is 5.69 Å². The second kappa shape index (κ2) is 7.36. The van der Waals surface area contributed by atoms with Gasteiger partial charge in [0.2, 0.25) is 5.78 Å². The predicted molar refractivity (Wildman–Crippen MR) is 101 cm³/mol. The Hall–Kier alpha value is -2.93. The molecular weight excluding hydrogens is 368 g/mol. The number of hydrogen-bond donors (Lipinski definition) is 0. The third kappa shape index (κ3) is 3.78. The molecule has 0 saturated carbocycles. The van der Waals surface area contributed by atoms with Crippen molar-refractivity contribution in [2.24, 2.45) is 0 Å². The minimum absolute atomic E-state index is 0.247. The van der Waals surface area contributed by atoms with Gasteiger partial charge in [-0.1, -0.05) is 6.07 Å². The van der Waals surface area contributed by atoms with Gasteiger partial charge in [0.05, 0.1) is 5.69 Å². The molecule has 4 rings (SSSR count). The summed E-state index contributed by atoms with van der Waals surface area (Å²) in [5.41, 5.74) is 2.49. The molecule has 0 bridgehead atoms. The monoisotopic (exact) mass is 383 g/mol. The van der Waals surface area contributed by atoms with Crippen LogP contribution in [0.2, 0.25) is 0 Å². The Bertz CT molecular complexity index is 1100. The molecule has 0 atom stereocenters. The van der Waals surface area contributed by atoms with Gasteiger partial charge in [-0.15, -0.1) is 11.8 Å². The summed E-state index contributed by atoms with van der Waals surface area (Å²) in [4.78, 5) is 9.65. The molecule has 0 radical (unpaired) electrons. The van der Waals surface area contributed by atoms with Crippen molar-refractivity contribution >= 4 is 17.5 Å². The number of nitrogens with zero attached hydrogens (tertiary/aromatic N) is 3. The van der Waals surface area contributed by atoms with Gasteiger partial charge in [0.1, 0.15) is 24.0 Å². The van der Waals surface area contributed by atoms with Crippen molar-refractivity contribution < 1.29 is 13.5 Å². The predicted octanol–water partition coefficient (Wildman–Crippen LogP) is 4.98. The molecule has 2 aromatic carbocycles. The highest BCUT2D eigenvalue weighted by molar-refractivity contribution is 7.98. The van der Waals surface area contributed by atoms with Gasteiger partial charge in [0, 0.05) is 29.0 Å². The van der Waals surface area contributed by atoms with Crippen LogP contribution in [0.25, 0.3) is 16.9 Å². The van der Waals surface area contributed by atoms with Gasteiger partial charge in [0.15, 0.2) is 0 Å². The van der Waals surface area contributed by atoms with Gasteiger partial charge in [-0.05, 0) is 48.2 Å². The van der Waals surface area contributed by atoms with Gasteiger partial charge in [-0.2, -0.15) is 0 Å². The molecule has 2 aromatic heterocycles. The number of ether oxygens (including phenoxy) is 1. The van der Waals surface area contributed by atoms with E-state index in [-0.39, 0.29) is 18.2 Å². The lowest BCUT2D eigenvalue weighted by Gasteiger charge is -2.07. The maximum atomic E-state index is 13.5. The highest BCUT2D eigenvalue weighted by Crippen LogP contribution is 2.30. The summed E-state index contributed by atoms with van der Waals surface area (Å²) >= 11 is 1.48. The van der Waals surface area contributed by atoms with Crippen LogP contribution in [0.3, 0.4) is 0 Å². The van der Waals surface area contributed by atoms with Crippen molar-refractivity contribution in [3.63, 3.8) is 0 Å². The van der Waals surface area contributed by atoms with Crippen molar-refractivity contribution in [3.05, 3.63) is 78.4 Å². The highest BCUT2D eigenvalue weighted by atomic mass is 32.2. The molecule has 4 aromatic rings. The van der Waals surface area contributed by atoms with Crippen LogP contribution in [0, 0.1) is 11.6 Å². The Morgan fingerprint density at radius 2 is 1.81 bits per heavy atom. The molecule has 7 heteroatoms. The molecule has 4 nitrogen and oxygen atoms in total. The van der Waals surface area contributed by atoms with E-state index in [1.54, 1.807) is 24.4 Å². The first-order valence-electron chi connectivity index (χ1n) is 8.18. The van der Waals surface area contributed by atoms with E-state index < -0.39 is 0 Å². The van der Waals surface area contributed by atoms with E-state index in [1.807, 2.05) is 23.1 Å². The number of benzene rings is 2. The summed E-state index contributed by atoms with van der Waals surface area (Å²) in [5.74, 6) is 0.541. The lowest BCUT2D eigenvalue weighted by molar-refractivity contribution is 0.301. The van der Waals surface area contributed by atoms with Crippen LogP contribution in [-0.4, -0.2) is 20.6 Å². The molecule has 0 aliphatic heterocycles. The number of rotatable bonds is 5. The topological polar surface area (TPSA) is 39.4 Å². The number of imidazole rings is 1. The van der Waals surface area contributed by atoms with Gasteiger partial charge in [0.25, 0.3) is 0 Å². The molecular formula is C20H15F2N3OS. The van der Waals surface area contributed by atoms with E-state index >= 15 is 0 Å². The standard InChI is InChI=1S/C20H15F2N3OS/c1-27-19-8-15(22)4-7-18(19)13-9-23-20-24-16(11-25(20)10-13)12-26-17-5-2-14(21)3-6-17/h2-11H,12H2,1H3. The summed E-state index contributed by atoms with van der Waals surface area (Å²) in [6, 6.07) is 10.5. The zero-order valence-corrected chi connectivity index (χ0v) is 15.2. The normalized spacial score (nSPS) is 11.1. The molecule has 136 valence electrons. The first kappa shape index (κ1) is 17.5. The number of hydrogen-bond acceptors (Lipinski definition) is 4. The van der Waals surface area contributed by atoms with Crippen molar-refractivity contribution in [3.8, 4) is 16.9 Å². The molecule has 0 amide bonds. The highest BCUT2D eigenvalue weighted by Gasteiger charge is 2.10. The maximum Gasteiger partial charge on any atom is 0.234 e. The molecule has 27 heavy (non-hydrogen) atoms. The van der Waals surface area contributed by atoms with E-state index in [2.05, 4.69) is 9.97 Å². The van der Waals surface area contributed by atoms with Crippen LogP contribution in [-0.2, 0) is 6.61 Å². The van der Waals surface area contributed by atoms with Gasteiger partial charge in [-0.3, -0.25) is 4.40 Å². The Morgan fingerprint density at radius 3 is 2.59 bits per heavy atom. The summed E-state index contributed by atoms with van der Waals surface area (Å²) in [7, 11) is 0. The quantitative estimate of drug-likeness (QED) is 0.456. The summed E-state index contributed by atoms with van der Waals surface area (Å²) in [5, 5.41) is 0. The molecule has 0 aliphatic carbocycles. The maximum absolute atomic E-state index is 13.5. The molecule has 0 fully saturated rings. The summed E-state index contributed by atoms with van der Waals surface area (Å²) in [6.45, 7) is 0.247. The van der Waals surface area contributed by atoms with Crippen molar-refractivity contribution in [2.75, 3.05) is 6.26 Å². The lowest BCUT2D eigenvalue weighted by atomic mass is 10.1. The molecule has 2 heterocycles. The zero-order valence-electron chi connectivity index (χ0n) is 14.4. The van der Waals surface area contributed by atoms with E-state index in [1.165, 1.54) is 36.0 Å². The van der Waals surface area contributed by atoms with Crippen LogP contribution >= 0.6 is 11.8 Å². The fourth-order valence-corrected chi connectivity index (χ4v) is 3.37. The number of halogens is 2. The van der Waals surface area contributed by atoms with Crippen LogP contribution in [0.15, 0.2) is 66.0 Å². The van der Waals surface area contributed by atoms with Crippen LogP contribution in [0.5, 0.6) is 5.75 Å². The van der Waals surface area contributed by atoms with E-state index in [0.29, 0.717) is 17.2 Å². The summed E-state index contributed by atoms with van der Waals surface area (Å²) in [6.07, 6.45) is 7.37. The number of fused-ring (bicyclic) bond motifs is 1. The minimum atomic E-state index is -0.308. The molecule has 0 N–H and O–H groups in total. The average molecular weight is 383 g/mol. The molecule has 0 spiro atoms. The van der Waals surface area contributed by atoms with E-state index in [4.69, 9.17) is 4.74 Å². The molecule has 0 aliphatic rings. The van der Waals surface area contributed by atoms with E-state index in [0.717, 1.165) is 16.0 Å². The minimum Gasteiger partial charge on any atom is -0.487 e. The Balaban J connectivity index is 1.59. The van der Waals surface area contributed by atoms with Crippen molar-refractivity contribution in [2.45, 2.75) is 11.5 Å². The second-order valence-electron chi connectivity index (χ2n) is 5.87. The Kier molecular flexibility index (Phi) is 4.77. The SMILES string of the molecule is CSc1cc(F)ccc1-c1cnc2nc(COc3ccc(F)cc3)cn2c1. The van der Waals surface area contributed by atoms with Gasteiger partial charge in [-0.25, -0.2) is 18.7 Å². The second-order valence-corrected chi connectivity index (χ2v) is 6.72. The number of aromatic nitrogens is 3. The zero-order chi connectivity index (χ0) is 18.8. The lowest BCUT2D eigenvalue weighted by Crippen LogP contribution is -1.95. The third-order valence-electron chi connectivity index (χ3n) is 4.03. The van der Waals surface area contributed by atoms with Crippen LogP contribution < -0.4 is 4.74 Å². The van der Waals surface area contributed by atoms with Crippen LogP contribution in [0.4, 0.5) is 8.78 Å². The first-order valence-corrected chi connectivity index (χ1v) is 9.41. The molecule has 0 saturated heterocycles. The average Bonchev–Trinajstić information content (AvgIpc) is 3.09. The fraction of sp³-hybridized carbons (Fsp3) is 0.100. The van der Waals surface area contributed by atoms with Gasteiger partial charge >= 0.3 is 0 Å². The first-order chi connectivity index (χ1) is 13.1. The fourth-order valence-electron chi connectivity index (χ4n) is 2.73.